The van der Waals surface area contributed by atoms with Gasteiger partial charge in [0, 0.05) is 31.5 Å². The fraction of sp³-hybridized carbons (Fsp3) is 0.381. The average molecular weight is 450 g/mol. The van der Waals surface area contributed by atoms with Gasteiger partial charge in [0.05, 0.1) is 15.8 Å². The van der Waals surface area contributed by atoms with Crippen molar-refractivity contribution in [3.63, 3.8) is 0 Å². The van der Waals surface area contributed by atoms with Crippen LogP contribution in [0.2, 0.25) is 4.34 Å². The van der Waals surface area contributed by atoms with Crippen molar-refractivity contribution in [2.45, 2.75) is 25.8 Å². The number of carbonyl (C=O) groups is 3. The summed E-state index contributed by atoms with van der Waals surface area (Å²) < 4.78 is 5.58. The first-order valence-corrected chi connectivity index (χ1v) is 10.8. The van der Waals surface area contributed by atoms with E-state index in [9.17, 15) is 14.4 Å². The van der Waals surface area contributed by atoms with E-state index >= 15 is 0 Å². The molecular formula is C21H24ClN3O4S. The molecule has 2 aromatic rings. The summed E-state index contributed by atoms with van der Waals surface area (Å²) in [5.41, 5.74) is 1.96. The monoisotopic (exact) mass is 449 g/mol. The normalized spacial score (nSPS) is 14.4. The SMILES string of the molecule is COCC(NC(=O)c1ccc(Cl)s1)C(=O)Nc1ccc(C(=O)N2CCCC2)c(C)c1. The number of ether oxygens (including phenoxy) is 1. The van der Waals surface area contributed by atoms with Crippen molar-refractivity contribution in [1.29, 1.82) is 0 Å². The van der Waals surface area contributed by atoms with Crippen molar-refractivity contribution < 1.29 is 19.1 Å². The van der Waals surface area contributed by atoms with Crippen LogP contribution in [0.25, 0.3) is 0 Å². The maximum Gasteiger partial charge on any atom is 0.262 e. The number of likely N-dealkylation sites (tertiary alicyclic amines) is 1. The van der Waals surface area contributed by atoms with E-state index in [-0.39, 0.29) is 12.5 Å². The van der Waals surface area contributed by atoms with E-state index in [1.54, 1.807) is 30.3 Å². The maximum absolute atomic E-state index is 12.7. The molecule has 3 rings (SSSR count). The summed E-state index contributed by atoms with van der Waals surface area (Å²) >= 11 is 7.00. The van der Waals surface area contributed by atoms with Crippen LogP contribution < -0.4 is 10.6 Å². The van der Waals surface area contributed by atoms with Crippen molar-refractivity contribution in [3.05, 3.63) is 50.7 Å². The average Bonchev–Trinajstić information content (AvgIpc) is 3.39. The number of anilines is 1. The maximum atomic E-state index is 12.7. The molecule has 0 aliphatic carbocycles. The zero-order valence-corrected chi connectivity index (χ0v) is 18.4. The molecule has 30 heavy (non-hydrogen) atoms. The third-order valence-electron chi connectivity index (χ3n) is 4.87. The highest BCUT2D eigenvalue weighted by Crippen LogP contribution is 2.22. The molecule has 1 aliphatic rings. The molecule has 2 N–H and O–H groups in total. The Hall–Kier alpha value is -2.42. The molecular weight excluding hydrogens is 426 g/mol. The number of rotatable bonds is 7. The largest absolute Gasteiger partial charge is 0.382 e. The van der Waals surface area contributed by atoms with Gasteiger partial charge in [-0.15, -0.1) is 11.3 Å². The van der Waals surface area contributed by atoms with Gasteiger partial charge < -0.3 is 20.3 Å². The molecule has 2 heterocycles. The van der Waals surface area contributed by atoms with Crippen molar-refractivity contribution in [1.82, 2.24) is 10.2 Å². The fourth-order valence-electron chi connectivity index (χ4n) is 3.32. The van der Waals surface area contributed by atoms with E-state index in [4.69, 9.17) is 16.3 Å². The first-order chi connectivity index (χ1) is 14.4. The number of hydrogen-bond acceptors (Lipinski definition) is 5. The lowest BCUT2D eigenvalue weighted by Crippen LogP contribution is -2.46. The Balaban J connectivity index is 1.67. The van der Waals surface area contributed by atoms with Crippen LogP contribution in [0.3, 0.4) is 0 Å². The number of amides is 3. The summed E-state index contributed by atoms with van der Waals surface area (Å²) in [5, 5.41) is 5.45. The number of aryl methyl sites for hydroxylation is 1. The Kier molecular flexibility index (Phi) is 7.47. The summed E-state index contributed by atoms with van der Waals surface area (Å²) in [7, 11) is 1.46. The van der Waals surface area contributed by atoms with Crippen LogP contribution in [0, 0.1) is 6.92 Å². The minimum Gasteiger partial charge on any atom is -0.382 e. The smallest absolute Gasteiger partial charge is 0.262 e. The summed E-state index contributed by atoms with van der Waals surface area (Å²) in [5.74, 6) is -0.792. The van der Waals surface area contributed by atoms with Crippen LogP contribution in [-0.2, 0) is 9.53 Å². The van der Waals surface area contributed by atoms with Crippen LogP contribution in [0.15, 0.2) is 30.3 Å². The molecule has 1 fully saturated rings. The van der Waals surface area contributed by atoms with Crippen LogP contribution in [0.4, 0.5) is 5.69 Å². The van der Waals surface area contributed by atoms with Crippen molar-refractivity contribution in [2.24, 2.45) is 0 Å². The number of benzene rings is 1. The van der Waals surface area contributed by atoms with Gasteiger partial charge in [-0.2, -0.15) is 0 Å². The molecule has 7 nitrogen and oxygen atoms in total. The zero-order valence-electron chi connectivity index (χ0n) is 16.9. The highest BCUT2D eigenvalue weighted by Gasteiger charge is 2.24. The molecule has 3 amide bonds. The van der Waals surface area contributed by atoms with Gasteiger partial charge in [-0.25, -0.2) is 0 Å². The highest BCUT2D eigenvalue weighted by molar-refractivity contribution is 7.18. The number of methoxy groups -OCH3 is 1. The van der Waals surface area contributed by atoms with Gasteiger partial charge in [0.15, 0.2) is 0 Å². The van der Waals surface area contributed by atoms with E-state index in [0.717, 1.165) is 42.8 Å². The Morgan fingerprint density at radius 3 is 2.53 bits per heavy atom. The molecule has 1 aliphatic heterocycles. The molecule has 0 spiro atoms. The molecule has 160 valence electrons. The third kappa shape index (κ3) is 5.38. The molecule has 1 aromatic heterocycles. The quantitative estimate of drug-likeness (QED) is 0.678. The molecule has 0 radical (unpaired) electrons. The third-order valence-corrected chi connectivity index (χ3v) is 6.10. The van der Waals surface area contributed by atoms with E-state index in [0.29, 0.717) is 20.5 Å². The predicted octanol–water partition coefficient (Wildman–Crippen LogP) is 3.33. The van der Waals surface area contributed by atoms with Crippen LogP contribution in [0.5, 0.6) is 0 Å². The summed E-state index contributed by atoms with van der Waals surface area (Å²) in [4.78, 5) is 40.0. The molecule has 0 saturated carbocycles. The Labute approximate surface area is 184 Å². The first-order valence-electron chi connectivity index (χ1n) is 9.65. The van der Waals surface area contributed by atoms with Gasteiger partial charge in [-0.3, -0.25) is 14.4 Å². The Bertz CT molecular complexity index is 940. The van der Waals surface area contributed by atoms with Gasteiger partial charge in [-0.1, -0.05) is 11.6 Å². The summed E-state index contributed by atoms with van der Waals surface area (Å²) in [6.07, 6.45) is 2.06. The van der Waals surface area contributed by atoms with E-state index in [1.165, 1.54) is 7.11 Å². The van der Waals surface area contributed by atoms with Gasteiger partial charge in [0.1, 0.15) is 6.04 Å². The number of nitrogens with one attached hydrogen (secondary N) is 2. The van der Waals surface area contributed by atoms with Crippen molar-refractivity contribution in [2.75, 3.05) is 32.1 Å². The second-order valence-corrected chi connectivity index (χ2v) is 8.82. The standard InChI is InChI=1S/C21H24ClN3O4S/c1-13-11-14(5-6-15(13)21(28)25-9-3-4-10-25)23-19(26)16(12-29-2)24-20(27)17-7-8-18(22)30-17/h5-8,11,16H,3-4,9-10,12H2,1-2H3,(H,23,26)(H,24,27). The highest BCUT2D eigenvalue weighted by atomic mass is 35.5. The van der Waals surface area contributed by atoms with Gasteiger partial charge >= 0.3 is 0 Å². The molecule has 1 unspecified atom stereocenters. The minimum atomic E-state index is -0.880. The summed E-state index contributed by atoms with van der Waals surface area (Å²) in [6, 6.07) is 7.52. The lowest BCUT2D eigenvalue weighted by Gasteiger charge is -2.19. The zero-order chi connectivity index (χ0) is 21.7. The van der Waals surface area contributed by atoms with E-state index in [1.807, 2.05) is 11.8 Å². The van der Waals surface area contributed by atoms with E-state index in [2.05, 4.69) is 10.6 Å². The lowest BCUT2D eigenvalue weighted by molar-refractivity contribution is -0.119. The second-order valence-electron chi connectivity index (χ2n) is 7.10. The number of halogens is 1. The van der Waals surface area contributed by atoms with Crippen LogP contribution in [-0.4, -0.2) is 55.5 Å². The summed E-state index contributed by atoms with van der Waals surface area (Å²) in [6.45, 7) is 3.42. The molecule has 9 heteroatoms. The predicted molar refractivity (Wildman–Crippen MR) is 117 cm³/mol. The van der Waals surface area contributed by atoms with Crippen molar-refractivity contribution >= 4 is 46.3 Å². The van der Waals surface area contributed by atoms with Gasteiger partial charge in [0.2, 0.25) is 5.91 Å². The fourth-order valence-corrected chi connectivity index (χ4v) is 4.26. The Morgan fingerprint density at radius 2 is 1.93 bits per heavy atom. The number of nitrogens with zero attached hydrogens (tertiary/aromatic N) is 1. The minimum absolute atomic E-state index is 0.0151. The van der Waals surface area contributed by atoms with Gasteiger partial charge in [0.25, 0.3) is 11.8 Å². The molecule has 1 aromatic carbocycles. The number of hydrogen-bond donors (Lipinski definition) is 2. The van der Waals surface area contributed by atoms with E-state index < -0.39 is 17.9 Å². The van der Waals surface area contributed by atoms with Crippen LogP contribution in [0.1, 0.15) is 38.4 Å². The lowest BCUT2D eigenvalue weighted by atomic mass is 10.1. The molecule has 1 atom stereocenters. The van der Waals surface area contributed by atoms with Gasteiger partial charge in [-0.05, 0) is 55.7 Å². The van der Waals surface area contributed by atoms with Crippen molar-refractivity contribution in [3.8, 4) is 0 Å². The number of carbonyl (C=O) groups excluding carboxylic acids is 3. The second kappa shape index (κ2) is 10.1. The topological polar surface area (TPSA) is 87.7 Å². The number of thiophene rings is 1. The Morgan fingerprint density at radius 1 is 1.20 bits per heavy atom. The molecule has 1 saturated heterocycles. The molecule has 0 bridgehead atoms. The first kappa shape index (κ1) is 22.3. The van der Waals surface area contributed by atoms with Crippen LogP contribution >= 0.6 is 22.9 Å².